The van der Waals surface area contributed by atoms with Crippen molar-refractivity contribution in [2.24, 2.45) is 0 Å². The second-order valence-corrected chi connectivity index (χ2v) is 16.8. The van der Waals surface area contributed by atoms with Gasteiger partial charge in [-0.15, -0.1) is 22.7 Å². The van der Waals surface area contributed by atoms with Crippen LogP contribution in [0.3, 0.4) is 0 Å². The van der Waals surface area contributed by atoms with Gasteiger partial charge in [0.1, 0.15) is 0 Å². The highest BCUT2D eigenvalue weighted by Gasteiger charge is 2.19. The summed E-state index contributed by atoms with van der Waals surface area (Å²) in [6, 6.07) is 73.6. The number of thiophene rings is 2. The highest BCUT2D eigenvalue weighted by atomic mass is 32.1. The summed E-state index contributed by atoms with van der Waals surface area (Å²) >= 11 is 3.82. The lowest BCUT2D eigenvalue weighted by Crippen LogP contribution is -1.93. The topological polar surface area (TPSA) is 4.93 Å². The molecule has 0 aliphatic rings. The van der Waals surface area contributed by atoms with E-state index in [0.29, 0.717) is 0 Å². The number of rotatable bonds is 5. The lowest BCUT2D eigenvalue weighted by molar-refractivity contribution is 1.18. The van der Waals surface area contributed by atoms with Crippen molar-refractivity contribution in [3.05, 3.63) is 200 Å². The minimum absolute atomic E-state index is 1.16. The zero-order chi connectivity index (χ0) is 37.5. The van der Waals surface area contributed by atoms with Crippen molar-refractivity contribution in [1.82, 2.24) is 4.57 Å². The van der Waals surface area contributed by atoms with Gasteiger partial charge in [-0.2, -0.15) is 0 Å². The SMILES string of the molecule is c1ccc(-c2cccc3c2sc2c(-c4ccc5c6ccc(-c7cccc8c7sc7c(-c9ccccc9)cccc78)cc6n(-c6ccccc6)c5c4)cccc23)cc1. The predicted molar refractivity (Wildman–Crippen MR) is 248 cm³/mol. The lowest BCUT2D eigenvalue weighted by atomic mass is 9.98. The maximum Gasteiger partial charge on any atom is 0.0547 e. The third-order valence-electron chi connectivity index (χ3n) is 11.6. The summed E-state index contributed by atoms with van der Waals surface area (Å²) in [4.78, 5) is 0. The smallest absolute Gasteiger partial charge is 0.0547 e. The van der Waals surface area contributed by atoms with E-state index in [9.17, 15) is 0 Å². The monoisotopic (exact) mass is 759 g/mol. The number of benzene rings is 9. The Kier molecular flexibility index (Phi) is 7.34. The van der Waals surface area contributed by atoms with Crippen LogP contribution in [0.1, 0.15) is 0 Å². The number of hydrogen-bond acceptors (Lipinski definition) is 2. The molecule has 0 N–H and O–H groups in total. The van der Waals surface area contributed by atoms with E-state index >= 15 is 0 Å². The van der Waals surface area contributed by atoms with Crippen LogP contribution < -0.4 is 0 Å². The fourth-order valence-electron chi connectivity index (χ4n) is 8.99. The van der Waals surface area contributed by atoms with E-state index in [1.54, 1.807) is 0 Å². The Morgan fingerprint density at radius 2 is 0.614 bits per heavy atom. The normalized spacial score (nSPS) is 11.9. The minimum Gasteiger partial charge on any atom is -0.309 e. The van der Waals surface area contributed by atoms with Gasteiger partial charge in [0.25, 0.3) is 0 Å². The second kappa shape index (κ2) is 12.9. The number of fused-ring (bicyclic) bond motifs is 9. The highest BCUT2D eigenvalue weighted by Crippen LogP contribution is 2.47. The van der Waals surface area contributed by atoms with Crippen LogP contribution in [-0.4, -0.2) is 4.57 Å². The van der Waals surface area contributed by atoms with Crippen molar-refractivity contribution in [3.8, 4) is 50.2 Å². The molecule has 9 aromatic carbocycles. The molecule has 0 spiro atoms. The largest absolute Gasteiger partial charge is 0.309 e. The van der Waals surface area contributed by atoms with Crippen LogP contribution in [0, 0.1) is 0 Å². The molecule has 3 heteroatoms. The molecule has 0 fully saturated rings. The first-order chi connectivity index (χ1) is 28.3. The number of hydrogen-bond donors (Lipinski definition) is 0. The van der Waals surface area contributed by atoms with Gasteiger partial charge in [-0.05, 0) is 68.8 Å². The van der Waals surface area contributed by atoms with Crippen LogP contribution in [0.2, 0.25) is 0 Å². The molecular weight excluding hydrogens is 727 g/mol. The lowest BCUT2D eigenvalue weighted by Gasteiger charge is -2.10. The van der Waals surface area contributed by atoms with E-state index in [1.807, 2.05) is 22.7 Å². The van der Waals surface area contributed by atoms with Crippen LogP contribution in [0.5, 0.6) is 0 Å². The summed E-state index contributed by atoms with van der Waals surface area (Å²) in [5.41, 5.74) is 13.7. The predicted octanol–water partition coefficient (Wildman–Crippen LogP) is 16.2. The van der Waals surface area contributed by atoms with Crippen LogP contribution in [0.15, 0.2) is 200 Å². The molecule has 0 atom stereocenters. The maximum atomic E-state index is 2.47. The van der Waals surface area contributed by atoms with Gasteiger partial charge in [0, 0.05) is 56.8 Å². The molecule has 0 bridgehead atoms. The van der Waals surface area contributed by atoms with Crippen molar-refractivity contribution < 1.29 is 0 Å². The highest BCUT2D eigenvalue weighted by molar-refractivity contribution is 7.27. The van der Waals surface area contributed by atoms with Crippen LogP contribution in [0.25, 0.3) is 112 Å². The standard InChI is InChI=1S/C54H33NS2/c1-4-14-34(15-5-1)39-20-10-24-45-47-26-12-22-41(53(47)56-51(39)45)36-28-30-43-44-31-29-37(33-50(44)55(49(43)32-36)38-18-8-3-9-19-38)42-23-13-27-48-46-25-11-21-40(52(46)57-54(42)48)35-16-6-2-7-17-35/h1-33H. The molecule has 0 aliphatic carbocycles. The molecule has 0 amide bonds. The van der Waals surface area contributed by atoms with Gasteiger partial charge < -0.3 is 4.57 Å². The zero-order valence-electron chi connectivity index (χ0n) is 30.8. The molecular formula is C54H33NS2. The van der Waals surface area contributed by atoms with Crippen molar-refractivity contribution in [1.29, 1.82) is 0 Å². The van der Waals surface area contributed by atoms with E-state index in [4.69, 9.17) is 0 Å². The first kappa shape index (κ1) is 32.5. The molecule has 57 heavy (non-hydrogen) atoms. The van der Waals surface area contributed by atoms with Crippen molar-refractivity contribution in [2.75, 3.05) is 0 Å². The maximum absolute atomic E-state index is 2.47. The number of nitrogens with zero attached hydrogens (tertiary/aromatic N) is 1. The summed E-state index contributed by atoms with van der Waals surface area (Å²) in [6.07, 6.45) is 0. The molecule has 3 heterocycles. The van der Waals surface area contributed by atoms with Crippen LogP contribution in [0.4, 0.5) is 0 Å². The third-order valence-corrected chi connectivity index (χ3v) is 14.2. The summed E-state index contributed by atoms with van der Waals surface area (Å²) in [5, 5.41) is 7.76. The van der Waals surface area contributed by atoms with Gasteiger partial charge in [-0.1, -0.05) is 176 Å². The molecule has 0 radical (unpaired) electrons. The van der Waals surface area contributed by atoms with Crippen molar-refractivity contribution in [3.63, 3.8) is 0 Å². The first-order valence-corrected chi connectivity index (χ1v) is 21.1. The Morgan fingerprint density at radius 1 is 0.263 bits per heavy atom. The van der Waals surface area contributed by atoms with E-state index in [-0.39, 0.29) is 0 Å². The fourth-order valence-corrected chi connectivity index (χ4v) is 11.7. The number of para-hydroxylation sites is 1. The Balaban J connectivity index is 1.06. The average molecular weight is 760 g/mol. The Hall–Kier alpha value is -6.78. The second-order valence-electron chi connectivity index (χ2n) is 14.8. The summed E-state index contributed by atoms with van der Waals surface area (Å²) in [6.45, 7) is 0. The van der Waals surface area contributed by atoms with Crippen LogP contribution in [-0.2, 0) is 0 Å². The summed E-state index contributed by atoms with van der Waals surface area (Å²) in [7, 11) is 0. The summed E-state index contributed by atoms with van der Waals surface area (Å²) < 4.78 is 7.79. The molecule has 12 aromatic rings. The zero-order valence-corrected chi connectivity index (χ0v) is 32.4. The molecule has 1 nitrogen and oxygen atoms in total. The molecule has 12 rings (SSSR count). The summed E-state index contributed by atoms with van der Waals surface area (Å²) in [5.74, 6) is 0. The Morgan fingerprint density at radius 3 is 1.00 bits per heavy atom. The molecule has 266 valence electrons. The van der Waals surface area contributed by atoms with E-state index in [2.05, 4.69) is 205 Å². The van der Waals surface area contributed by atoms with Gasteiger partial charge in [-0.25, -0.2) is 0 Å². The van der Waals surface area contributed by atoms with E-state index in [1.165, 1.54) is 107 Å². The fraction of sp³-hybridized carbons (Fsp3) is 0. The van der Waals surface area contributed by atoms with Crippen molar-refractivity contribution >= 4 is 84.8 Å². The van der Waals surface area contributed by atoms with Gasteiger partial charge >= 0.3 is 0 Å². The molecule has 0 saturated carbocycles. The quantitative estimate of drug-likeness (QED) is 0.165. The van der Waals surface area contributed by atoms with Gasteiger partial charge in [0.15, 0.2) is 0 Å². The average Bonchev–Trinajstić information content (AvgIpc) is 3.96. The Bertz CT molecular complexity index is 3280. The van der Waals surface area contributed by atoms with E-state index in [0.717, 1.165) is 5.69 Å². The minimum atomic E-state index is 1.16. The van der Waals surface area contributed by atoms with Gasteiger partial charge in [0.2, 0.25) is 0 Å². The molecule has 0 unspecified atom stereocenters. The molecule has 3 aromatic heterocycles. The molecule has 0 aliphatic heterocycles. The van der Waals surface area contributed by atoms with E-state index < -0.39 is 0 Å². The van der Waals surface area contributed by atoms with Crippen molar-refractivity contribution in [2.45, 2.75) is 0 Å². The third kappa shape index (κ3) is 5.06. The number of aromatic nitrogens is 1. The van der Waals surface area contributed by atoms with Crippen LogP contribution >= 0.6 is 22.7 Å². The first-order valence-electron chi connectivity index (χ1n) is 19.4. The Labute approximate surface area is 338 Å². The molecule has 0 saturated heterocycles. The van der Waals surface area contributed by atoms with Gasteiger partial charge in [-0.3, -0.25) is 0 Å². The van der Waals surface area contributed by atoms with Gasteiger partial charge in [0.05, 0.1) is 11.0 Å².